The van der Waals surface area contributed by atoms with E-state index in [0.717, 1.165) is 12.0 Å². The first-order chi connectivity index (χ1) is 3.31. The molecule has 0 amide bonds. The van der Waals surface area contributed by atoms with Crippen molar-refractivity contribution in [3.8, 4) is 0 Å². The van der Waals surface area contributed by atoms with Gasteiger partial charge in [-0.2, -0.15) is 0 Å². The van der Waals surface area contributed by atoms with Gasteiger partial charge < -0.3 is 5.73 Å². The zero-order chi connectivity index (χ0) is 5.70. The lowest BCUT2D eigenvalue weighted by Crippen LogP contribution is -1.98. The Kier molecular flexibility index (Phi) is 3.29. The van der Waals surface area contributed by atoms with Crippen LogP contribution < -0.4 is 5.73 Å². The van der Waals surface area contributed by atoms with Crippen molar-refractivity contribution in [2.24, 2.45) is 5.73 Å². The first-order valence-corrected chi connectivity index (χ1v) is 2.26. The van der Waals surface area contributed by atoms with Crippen LogP contribution in [0.1, 0.15) is 13.3 Å². The summed E-state index contributed by atoms with van der Waals surface area (Å²) in [6.07, 6.45) is 0.795. The Hall–Kier alpha value is -0.590. The van der Waals surface area contributed by atoms with Crippen LogP contribution in [0, 0.1) is 5.41 Å². The smallest absolute Gasteiger partial charge is 0.00334 e. The molecule has 0 rings (SSSR count). The average Bonchev–Trinajstić information content (AvgIpc) is 1.68. The van der Waals surface area contributed by atoms with E-state index in [1.165, 1.54) is 0 Å². The molecule has 0 aromatic carbocycles. The van der Waals surface area contributed by atoms with E-state index >= 15 is 0 Å². The number of nitrogens with one attached hydrogen (secondary N) is 1. The fourth-order valence-electron chi connectivity index (χ4n) is 0.279. The molecule has 0 fully saturated rings. The molecule has 2 nitrogen and oxygen atoms in total. The zero-order valence-corrected chi connectivity index (χ0v) is 4.49. The molecule has 2 heteroatoms. The van der Waals surface area contributed by atoms with E-state index < -0.39 is 0 Å². The Morgan fingerprint density at radius 3 is 2.57 bits per heavy atom. The van der Waals surface area contributed by atoms with Crippen LogP contribution >= 0.6 is 0 Å². The summed E-state index contributed by atoms with van der Waals surface area (Å²) in [6, 6.07) is 0. The van der Waals surface area contributed by atoms with Crippen molar-refractivity contribution >= 4 is 5.87 Å². The highest BCUT2D eigenvalue weighted by Gasteiger charge is 1.80. The van der Waals surface area contributed by atoms with Crippen LogP contribution in [-0.4, -0.2) is 12.4 Å². The van der Waals surface area contributed by atoms with Crippen molar-refractivity contribution in [2.75, 3.05) is 6.54 Å². The van der Waals surface area contributed by atoms with Gasteiger partial charge in [0.2, 0.25) is 0 Å². The minimum atomic E-state index is 0.623. The molecule has 0 aliphatic rings. The third-order valence-corrected chi connectivity index (χ3v) is 0.733. The van der Waals surface area contributed by atoms with Crippen molar-refractivity contribution < 1.29 is 0 Å². The van der Waals surface area contributed by atoms with Crippen molar-refractivity contribution in [2.45, 2.75) is 13.3 Å². The molecular formula is C5H10N2. The fraction of sp³-hybridized carbons (Fsp3) is 0.600. The maximum Gasteiger partial charge on any atom is -0.00334 e. The molecule has 0 bridgehead atoms. The number of rotatable bonds is 2. The van der Waals surface area contributed by atoms with E-state index in [1.807, 2.05) is 6.92 Å². The normalized spacial score (nSPS) is 7.71. The molecule has 0 aliphatic heterocycles. The van der Waals surface area contributed by atoms with Gasteiger partial charge in [-0.1, -0.05) is 0 Å². The maximum absolute atomic E-state index is 6.57. The number of hydrogen-bond donors (Lipinski definition) is 2. The molecule has 7 heavy (non-hydrogen) atoms. The second-order valence-corrected chi connectivity index (χ2v) is 1.44. The molecule has 0 aromatic heterocycles. The van der Waals surface area contributed by atoms with E-state index in [-0.39, 0.29) is 0 Å². The second kappa shape index (κ2) is 3.59. The Labute approximate surface area is 43.5 Å². The molecule has 0 heterocycles. The Balaban J connectivity index is 3.37. The van der Waals surface area contributed by atoms with Crippen molar-refractivity contribution in [1.82, 2.24) is 0 Å². The topological polar surface area (TPSA) is 49.9 Å². The highest BCUT2D eigenvalue weighted by atomic mass is 14.5. The van der Waals surface area contributed by atoms with Crippen LogP contribution in [0.4, 0.5) is 0 Å². The highest BCUT2D eigenvalue weighted by Crippen LogP contribution is 1.87. The summed E-state index contributed by atoms with van der Waals surface area (Å²) in [5.41, 5.74) is 6.08. The van der Waals surface area contributed by atoms with Gasteiger partial charge in [0.25, 0.3) is 0 Å². The van der Waals surface area contributed by atoms with Gasteiger partial charge in [-0.15, -0.1) is 0 Å². The molecule has 0 spiro atoms. The molecular weight excluding hydrogens is 88.1 g/mol. The summed E-state index contributed by atoms with van der Waals surface area (Å²) in [7, 11) is 0. The summed E-state index contributed by atoms with van der Waals surface area (Å²) < 4.78 is 0. The zero-order valence-electron chi connectivity index (χ0n) is 4.49. The van der Waals surface area contributed by atoms with Gasteiger partial charge in [-0.3, -0.25) is 5.41 Å². The molecule has 0 unspecified atom stereocenters. The summed E-state index contributed by atoms with van der Waals surface area (Å²) >= 11 is 0. The van der Waals surface area contributed by atoms with Crippen LogP contribution in [0.15, 0.2) is 5.57 Å². The van der Waals surface area contributed by atoms with Crippen LogP contribution in [-0.2, 0) is 0 Å². The fourth-order valence-corrected chi connectivity index (χ4v) is 0.279. The van der Waals surface area contributed by atoms with E-state index in [2.05, 4.69) is 5.87 Å². The molecule has 0 atom stereocenters. The van der Waals surface area contributed by atoms with E-state index in [1.54, 1.807) is 0 Å². The van der Waals surface area contributed by atoms with Gasteiger partial charge in [-0.05, 0) is 31.3 Å². The quantitative estimate of drug-likeness (QED) is 0.486. The van der Waals surface area contributed by atoms with E-state index in [4.69, 9.17) is 11.1 Å². The molecule has 0 saturated carbocycles. The van der Waals surface area contributed by atoms with Gasteiger partial charge >= 0.3 is 0 Å². The number of nitrogens with two attached hydrogens (primary N) is 1. The van der Waals surface area contributed by atoms with Gasteiger partial charge in [0, 0.05) is 0 Å². The monoisotopic (exact) mass is 98.1 g/mol. The van der Waals surface area contributed by atoms with Gasteiger partial charge in [0.15, 0.2) is 0 Å². The van der Waals surface area contributed by atoms with Crippen LogP contribution in [0.2, 0.25) is 0 Å². The van der Waals surface area contributed by atoms with Crippen molar-refractivity contribution in [3.05, 3.63) is 5.57 Å². The highest BCUT2D eigenvalue weighted by molar-refractivity contribution is 5.53. The van der Waals surface area contributed by atoms with E-state index in [0.29, 0.717) is 6.54 Å². The summed E-state index contributed by atoms with van der Waals surface area (Å²) in [6.45, 7) is 2.47. The molecule has 0 radical (unpaired) electrons. The van der Waals surface area contributed by atoms with Crippen LogP contribution in [0.25, 0.3) is 0 Å². The predicted molar refractivity (Wildman–Crippen MR) is 30.6 cm³/mol. The maximum atomic E-state index is 6.57. The number of hydrogen-bond acceptors (Lipinski definition) is 2. The van der Waals surface area contributed by atoms with Crippen molar-refractivity contribution in [1.29, 1.82) is 5.41 Å². The molecule has 0 aliphatic carbocycles. The minimum absolute atomic E-state index is 0.623. The molecule has 0 saturated heterocycles. The third kappa shape index (κ3) is 3.23. The third-order valence-electron chi connectivity index (χ3n) is 0.733. The Bertz CT molecular complexity index is 90.3. The lowest BCUT2D eigenvalue weighted by Gasteiger charge is -1.86. The van der Waals surface area contributed by atoms with E-state index in [9.17, 15) is 0 Å². The standard InChI is InChI=1S/C5H10N2/c1-5(4-7)2-3-6/h7H,2-3,6H2,1H3. The second-order valence-electron chi connectivity index (χ2n) is 1.44. The predicted octanol–water partition coefficient (Wildman–Crippen LogP) is 0.530. The summed E-state index contributed by atoms with van der Waals surface area (Å²) in [5.74, 6) is 2.25. The average molecular weight is 98.1 g/mol. The molecule has 0 aromatic rings. The van der Waals surface area contributed by atoms with Crippen molar-refractivity contribution in [3.63, 3.8) is 0 Å². The van der Waals surface area contributed by atoms with Gasteiger partial charge in [-0.25, -0.2) is 0 Å². The van der Waals surface area contributed by atoms with Crippen LogP contribution in [0.3, 0.4) is 0 Å². The Morgan fingerprint density at radius 1 is 1.86 bits per heavy atom. The summed E-state index contributed by atoms with van der Waals surface area (Å²) in [5, 5.41) is 6.57. The first-order valence-electron chi connectivity index (χ1n) is 2.26. The Morgan fingerprint density at radius 2 is 2.43 bits per heavy atom. The van der Waals surface area contributed by atoms with Gasteiger partial charge in [0.1, 0.15) is 0 Å². The minimum Gasteiger partial charge on any atom is -0.330 e. The van der Waals surface area contributed by atoms with Gasteiger partial charge in [0.05, 0.1) is 0 Å². The SMILES string of the molecule is CC(=C=N)CCN. The first kappa shape index (κ1) is 6.41. The van der Waals surface area contributed by atoms with Crippen LogP contribution in [0.5, 0.6) is 0 Å². The largest absolute Gasteiger partial charge is 0.330 e. The lowest BCUT2D eigenvalue weighted by atomic mass is 10.2. The lowest BCUT2D eigenvalue weighted by molar-refractivity contribution is 0.960. The molecule has 3 N–H and O–H groups in total. The summed E-state index contributed by atoms with van der Waals surface area (Å²) in [4.78, 5) is 0. The molecule has 40 valence electrons.